The molecule has 0 atom stereocenters. The third-order valence-electron chi connectivity index (χ3n) is 4.00. The summed E-state index contributed by atoms with van der Waals surface area (Å²) in [6, 6.07) is 16.9. The molecule has 5 heteroatoms. The second-order valence-corrected chi connectivity index (χ2v) is 5.80. The predicted octanol–water partition coefficient (Wildman–Crippen LogP) is 4.20. The van der Waals surface area contributed by atoms with Crippen molar-refractivity contribution in [3.63, 3.8) is 0 Å². The minimum absolute atomic E-state index is 0.156. The Morgan fingerprint density at radius 1 is 1.13 bits per heavy atom. The van der Waals surface area contributed by atoms with Crippen LogP contribution in [0.2, 0.25) is 5.02 Å². The van der Waals surface area contributed by atoms with E-state index in [0.717, 1.165) is 17.7 Å². The first-order chi connectivity index (χ1) is 11.2. The summed E-state index contributed by atoms with van der Waals surface area (Å²) in [5.74, 6) is 0.337. The zero-order valence-corrected chi connectivity index (χ0v) is 13.0. The maximum atomic E-state index is 12.7. The van der Waals surface area contributed by atoms with Gasteiger partial charge in [0.1, 0.15) is 0 Å². The van der Waals surface area contributed by atoms with Gasteiger partial charge in [-0.1, -0.05) is 47.1 Å². The summed E-state index contributed by atoms with van der Waals surface area (Å²) in [5, 5.41) is 4.49. The molecular formula is C18H13ClN2O2. The van der Waals surface area contributed by atoms with Gasteiger partial charge in [-0.05, 0) is 30.2 Å². The molecular weight excluding hydrogens is 312 g/mol. The van der Waals surface area contributed by atoms with E-state index in [0.29, 0.717) is 17.3 Å². The molecule has 1 aliphatic rings. The number of rotatable bonds is 2. The zero-order valence-electron chi connectivity index (χ0n) is 12.2. The lowest BCUT2D eigenvalue weighted by molar-refractivity contribution is 0.0981. The molecule has 0 unspecified atom stereocenters. The number of hydrogen-bond acceptors (Lipinski definition) is 3. The summed E-state index contributed by atoms with van der Waals surface area (Å²) >= 11 is 6.16. The summed E-state index contributed by atoms with van der Waals surface area (Å²) in [7, 11) is 0. The second kappa shape index (κ2) is 5.56. The number of nitrogens with zero attached hydrogens (tertiary/aromatic N) is 2. The number of amides is 1. The highest BCUT2D eigenvalue weighted by molar-refractivity contribution is 6.33. The van der Waals surface area contributed by atoms with E-state index in [-0.39, 0.29) is 11.6 Å². The van der Waals surface area contributed by atoms with Gasteiger partial charge in [-0.2, -0.15) is 0 Å². The largest absolute Gasteiger partial charge is 0.355 e. The van der Waals surface area contributed by atoms with Crippen LogP contribution in [-0.2, 0) is 6.42 Å². The Hall–Kier alpha value is -2.59. The monoisotopic (exact) mass is 324 g/mol. The molecule has 0 fully saturated rings. The van der Waals surface area contributed by atoms with Gasteiger partial charge in [-0.15, -0.1) is 0 Å². The van der Waals surface area contributed by atoms with Gasteiger partial charge in [-0.25, -0.2) is 0 Å². The van der Waals surface area contributed by atoms with Crippen LogP contribution >= 0.6 is 11.6 Å². The van der Waals surface area contributed by atoms with E-state index in [4.69, 9.17) is 16.1 Å². The van der Waals surface area contributed by atoms with Gasteiger partial charge >= 0.3 is 0 Å². The summed E-state index contributed by atoms with van der Waals surface area (Å²) in [5.41, 5.74) is 3.13. The number of carbonyl (C=O) groups excluding carboxylic acids is 1. The molecule has 4 rings (SSSR count). The van der Waals surface area contributed by atoms with E-state index in [2.05, 4.69) is 5.16 Å². The van der Waals surface area contributed by atoms with E-state index in [1.54, 1.807) is 17.0 Å². The summed E-state index contributed by atoms with van der Waals surface area (Å²) in [6.07, 6.45) is 0.858. The van der Waals surface area contributed by atoms with Gasteiger partial charge in [-0.3, -0.25) is 4.79 Å². The van der Waals surface area contributed by atoms with Crippen molar-refractivity contribution in [1.29, 1.82) is 0 Å². The molecule has 0 aliphatic carbocycles. The standard InChI is InChI=1S/C18H13ClN2O2/c19-14-7-3-2-6-13(14)17-11-15(20-23-17)18(22)21-10-9-12-5-1-4-8-16(12)21/h1-8,11H,9-10H2. The Morgan fingerprint density at radius 3 is 2.78 bits per heavy atom. The number of halogens is 1. The van der Waals surface area contributed by atoms with Crippen LogP contribution in [0.4, 0.5) is 5.69 Å². The highest BCUT2D eigenvalue weighted by Gasteiger charge is 2.27. The van der Waals surface area contributed by atoms with E-state index < -0.39 is 0 Å². The van der Waals surface area contributed by atoms with E-state index in [1.807, 2.05) is 42.5 Å². The Balaban J connectivity index is 1.65. The third kappa shape index (κ3) is 2.41. The molecule has 0 N–H and O–H groups in total. The fraction of sp³-hybridized carbons (Fsp3) is 0.111. The molecule has 2 heterocycles. The van der Waals surface area contributed by atoms with Crippen LogP contribution in [0.15, 0.2) is 59.1 Å². The van der Waals surface area contributed by atoms with Crippen LogP contribution in [-0.4, -0.2) is 17.6 Å². The highest BCUT2D eigenvalue weighted by atomic mass is 35.5. The fourth-order valence-corrected chi connectivity index (χ4v) is 3.08. The van der Waals surface area contributed by atoms with Crippen LogP contribution in [0.5, 0.6) is 0 Å². The first-order valence-electron chi connectivity index (χ1n) is 7.35. The maximum Gasteiger partial charge on any atom is 0.280 e. The molecule has 0 radical (unpaired) electrons. The molecule has 0 spiro atoms. The average Bonchev–Trinajstić information content (AvgIpc) is 3.22. The Kier molecular flexibility index (Phi) is 3.39. The summed E-state index contributed by atoms with van der Waals surface area (Å²) in [6.45, 7) is 0.659. The average molecular weight is 325 g/mol. The molecule has 1 aromatic heterocycles. The molecule has 0 bridgehead atoms. The van der Waals surface area contributed by atoms with Crippen molar-refractivity contribution in [2.24, 2.45) is 0 Å². The lowest BCUT2D eigenvalue weighted by atomic mass is 10.1. The van der Waals surface area contributed by atoms with Crippen LogP contribution in [0.3, 0.4) is 0 Å². The van der Waals surface area contributed by atoms with Gasteiger partial charge in [0.2, 0.25) is 0 Å². The topological polar surface area (TPSA) is 46.3 Å². The normalized spacial score (nSPS) is 13.2. The molecule has 4 nitrogen and oxygen atoms in total. The van der Waals surface area contributed by atoms with Crippen molar-refractivity contribution in [3.05, 3.63) is 70.9 Å². The van der Waals surface area contributed by atoms with Crippen LogP contribution in [0.1, 0.15) is 16.1 Å². The summed E-state index contributed by atoms with van der Waals surface area (Å²) < 4.78 is 5.32. The van der Waals surface area contributed by atoms with E-state index in [9.17, 15) is 4.79 Å². The van der Waals surface area contributed by atoms with Gasteiger partial charge < -0.3 is 9.42 Å². The number of carbonyl (C=O) groups is 1. The van der Waals surface area contributed by atoms with Crippen molar-refractivity contribution >= 4 is 23.2 Å². The molecule has 3 aromatic rings. The van der Waals surface area contributed by atoms with Crippen molar-refractivity contribution in [1.82, 2.24) is 5.16 Å². The maximum absolute atomic E-state index is 12.7. The number of benzene rings is 2. The van der Waals surface area contributed by atoms with Crippen LogP contribution < -0.4 is 4.90 Å². The smallest absolute Gasteiger partial charge is 0.280 e. The number of aromatic nitrogens is 1. The molecule has 0 saturated heterocycles. The van der Waals surface area contributed by atoms with Crippen molar-refractivity contribution in [3.8, 4) is 11.3 Å². The number of hydrogen-bond donors (Lipinski definition) is 0. The molecule has 23 heavy (non-hydrogen) atoms. The predicted molar refractivity (Wildman–Crippen MR) is 88.8 cm³/mol. The second-order valence-electron chi connectivity index (χ2n) is 5.39. The number of para-hydroxylation sites is 1. The van der Waals surface area contributed by atoms with Crippen molar-refractivity contribution < 1.29 is 9.32 Å². The molecule has 114 valence electrons. The number of fused-ring (bicyclic) bond motifs is 1. The SMILES string of the molecule is O=C(c1cc(-c2ccccc2Cl)on1)N1CCc2ccccc21. The van der Waals surface area contributed by atoms with Crippen LogP contribution in [0, 0.1) is 0 Å². The first-order valence-corrected chi connectivity index (χ1v) is 7.73. The highest BCUT2D eigenvalue weighted by Crippen LogP contribution is 2.31. The third-order valence-corrected chi connectivity index (χ3v) is 4.33. The Bertz CT molecular complexity index is 888. The van der Waals surface area contributed by atoms with Gasteiger partial charge in [0.25, 0.3) is 5.91 Å². The Morgan fingerprint density at radius 2 is 1.91 bits per heavy atom. The quantitative estimate of drug-likeness (QED) is 0.709. The first kappa shape index (κ1) is 14.0. The van der Waals surface area contributed by atoms with Gasteiger partial charge in [0, 0.05) is 23.9 Å². The van der Waals surface area contributed by atoms with Crippen molar-refractivity contribution in [2.45, 2.75) is 6.42 Å². The molecule has 2 aromatic carbocycles. The van der Waals surface area contributed by atoms with E-state index >= 15 is 0 Å². The van der Waals surface area contributed by atoms with Crippen LogP contribution in [0.25, 0.3) is 11.3 Å². The molecule has 1 aliphatic heterocycles. The molecule has 1 amide bonds. The minimum Gasteiger partial charge on any atom is -0.355 e. The Labute approximate surface area is 138 Å². The number of anilines is 1. The molecule has 0 saturated carbocycles. The minimum atomic E-state index is -0.156. The van der Waals surface area contributed by atoms with Gasteiger partial charge in [0.15, 0.2) is 11.5 Å². The summed E-state index contributed by atoms with van der Waals surface area (Å²) in [4.78, 5) is 14.4. The lowest BCUT2D eigenvalue weighted by Gasteiger charge is -2.15. The van der Waals surface area contributed by atoms with Gasteiger partial charge in [0.05, 0.1) is 5.02 Å². The van der Waals surface area contributed by atoms with Crippen molar-refractivity contribution in [2.75, 3.05) is 11.4 Å². The lowest BCUT2D eigenvalue weighted by Crippen LogP contribution is -2.29. The fourth-order valence-electron chi connectivity index (χ4n) is 2.85. The van der Waals surface area contributed by atoms with E-state index in [1.165, 1.54) is 5.56 Å². The zero-order chi connectivity index (χ0) is 15.8.